The number of nitrogens with zero attached hydrogens (tertiary/aromatic N) is 1. The highest BCUT2D eigenvalue weighted by molar-refractivity contribution is 5.70. The van der Waals surface area contributed by atoms with Gasteiger partial charge in [0.2, 0.25) is 0 Å². The Bertz CT molecular complexity index is 521. The van der Waals surface area contributed by atoms with Crippen molar-refractivity contribution in [1.82, 2.24) is 0 Å². The molecule has 0 N–H and O–H groups in total. The maximum absolute atomic E-state index is 11.5. The molecule has 0 aromatic heterocycles. The van der Waals surface area contributed by atoms with Gasteiger partial charge in [-0.2, -0.15) is 0 Å². The molecule has 0 atom stereocenters. The highest BCUT2D eigenvalue weighted by atomic mass is 16.6. The average Bonchev–Trinajstić information content (AvgIpc) is 2.36. The van der Waals surface area contributed by atoms with Gasteiger partial charge in [-0.05, 0) is 32.9 Å². The zero-order chi connectivity index (χ0) is 16.0. The van der Waals surface area contributed by atoms with Crippen LogP contribution in [-0.4, -0.2) is 30.2 Å². The molecule has 0 fully saturated rings. The van der Waals surface area contributed by atoms with Crippen LogP contribution in [0.2, 0.25) is 0 Å². The minimum atomic E-state index is -0.566. The van der Waals surface area contributed by atoms with Gasteiger partial charge in [-0.15, -0.1) is 0 Å². The fourth-order valence-electron chi connectivity index (χ4n) is 1.53. The molecule has 0 aliphatic heterocycles. The number of nitro benzene ring substituents is 1. The predicted octanol–water partition coefficient (Wildman–Crippen LogP) is 2.71. The molecule has 7 nitrogen and oxygen atoms in total. The molecule has 0 amide bonds. The number of rotatable bonds is 6. The molecule has 0 radical (unpaired) electrons. The van der Waals surface area contributed by atoms with E-state index in [9.17, 15) is 14.9 Å². The third kappa shape index (κ3) is 5.68. The monoisotopic (exact) mass is 297 g/mol. The van der Waals surface area contributed by atoms with E-state index in [0.29, 0.717) is 5.75 Å². The van der Waals surface area contributed by atoms with Crippen LogP contribution in [0.15, 0.2) is 18.2 Å². The van der Waals surface area contributed by atoms with Gasteiger partial charge in [0.15, 0.2) is 5.75 Å². The summed E-state index contributed by atoms with van der Waals surface area (Å²) >= 11 is 0. The van der Waals surface area contributed by atoms with Gasteiger partial charge in [-0.25, -0.2) is 0 Å². The van der Waals surface area contributed by atoms with Crippen molar-refractivity contribution < 1.29 is 23.9 Å². The summed E-state index contributed by atoms with van der Waals surface area (Å²) in [5, 5.41) is 11.0. The summed E-state index contributed by atoms with van der Waals surface area (Å²) in [7, 11) is 1.42. The highest BCUT2D eigenvalue weighted by Crippen LogP contribution is 2.31. The maximum atomic E-state index is 11.5. The average molecular weight is 297 g/mol. The summed E-state index contributed by atoms with van der Waals surface area (Å²) < 4.78 is 15.3. The molecule has 0 heterocycles. The first-order chi connectivity index (χ1) is 9.73. The fourth-order valence-corrected chi connectivity index (χ4v) is 1.53. The van der Waals surface area contributed by atoms with E-state index < -0.39 is 16.5 Å². The molecule has 0 aliphatic rings. The van der Waals surface area contributed by atoms with Crippen molar-refractivity contribution in [1.29, 1.82) is 0 Å². The molecule has 0 saturated heterocycles. The Morgan fingerprint density at radius 1 is 1.33 bits per heavy atom. The van der Waals surface area contributed by atoms with E-state index >= 15 is 0 Å². The van der Waals surface area contributed by atoms with Crippen LogP contribution in [0.4, 0.5) is 5.69 Å². The van der Waals surface area contributed by atoms with Crippen LogP contribution in [0.5, 0.6) is 11.5 Å². The lowest BCUT2D eigenvalue weighted by Crippen LogP contribution is -2.24. The third-order valence-electron chi connectivity index (χ3n) is 2.35. The Kier molecular flexibility index (Phi) is 5.52. The molecule has 0 unspecified atom stereocenters. The first-order valence-corrected chi connectivity index (χ1v) is 6.40. The van der Waals surface area contributed by atoms with Gasteiger partial charge in [0, 0.05) is 0 Å². The van der Waals surface area contributed by atoms with Gasteiger partial charge < -0.3 is 14.2 Å². The van der Waals surface area contributed by atoms with Gasteiger partial charge in [-0.3, -0.25) is 14.9 Å². The Morgan fingerprint density at radius 2 is 2.00 bits per heavy atom. The lowest BCUT2D eigenvalue weighted by atomic mass is 10.2. The SMILES string of the molecule is COc1ccc(OCCC(=O)OC(C)(C)C)c([N+](=O)[O-])c1. The van der Waals surface area contributed by atoms with Gasteiger partial charge in [0.05, 0.1) is 31.1 Å². The molecule has 0 aliphatic carbocycles. The lowest BCUT2D eigenvalue weighted by molar-refractivity contribution is -0.385. The lowest BCUT2D eigenvalue weighted by Gasteiger charge is -2.19. The number of hydrogen-bond acceptors (Lipinski definition) is 6. The van der Waals surface area contributed by atoms with E-state index in [2.05, 4.69) is 0 Å². The largest absolute Gasteiger partial charge is 0.496 e. The molecule has 1 aromatic rings. The van der Waals surface area contributed by atoms with Crippen LogP contribution in [0.25, 0.3) is 0 Å². The Morgan fingerprint density at radius 3 is 2.52 bits per heavy atom. The normalized spacial score (nSPS) is 10.9. The minimum Gasteiger partial charge on any atom is -0.496 e. The summed E-state index contributed by atoms with van der Waals surface area (Å²) in [6.45, 7) is 5.29. The first kappa shape index (κ1) is 16.7. The Labute approximate surface area is 123 Å². The molecule has 1 aromatic carbocycles. The second-order valence-corrected chi connectivity index (χ2v) is 5.28. The number of hydrogen-bond donors (Lipinski definition) is 0. The summed E-state index contributed by atoms with van der Waals surface area (Å²) in [5.41, 5.74) is -0.776. The number of methoxy groups -OCH3 is 1. The Balaban J connectivity index is 2.63. The van der Waals surface area contributed by atoms with E-state index in [1.807, 2.05) is 0 Å². The van der Waals surface area contributed by atoms with Crippen LogP contribution < -0.4 is 9.47 Å². The van der Waals surface area contributed by atoms with Crippen molar-refractivity contribution in [2.45, 2.75) is 32.8 Å². The first-order valence-electron chi connectivity index (χ1n) is 6.40. The van der Waals surface area contributed by atoms with Crippen molar-refractivity contribution in [2.75, 3.05) is 13.7 Å². The van der Waals surface area contributed by atoms with Gasteiger partial charge in [0.1, 0.15) is 11.4 Å². The number of carbonyl (C=O) groups excluding carboxylic acids is 1. The third-order valence-corrected chi connectivity index (χ3v) is 2.35. The smallest absolute Gasteiger partial charge is 0.314 e. The summed E-state index contributed by atoms with van der Waals surface area (Å²) in [6, 6.07) is 4.25. The second kappa shape index (κ2) is 6.92. The number of esters is 1. The maximum Gasteiger partial charge on any atom is 0.314 e. The van der Waals surface area contributed by atoms with Crippen molar-refractivity contribution in [3.05, 3.63) is 28.3 Å². The van der Waals surface area contributed by atoms with Crippen LogP contribution in [0.1, 0.15) is 27.2 Å². The van der Waals surface area contributed by atoms with Gasteiger partial charge >= 0.3 is 11.7 Å². The molecular weight excluding hydrogens is 278 g/mol. The summed E-state index contributed by atoms with van der Waals surface area (Å²) in [5.74, 6) is 0.0317. The quantitative estimate of drug-likeness (QED) is 0.455. The molecule has 1 rings (SSSR count). The van der Waals surface area contributed by atoms with Gasteiger partial charge in [-0.1, -0.05) is 0 Å². The number of carbonyl (C=O) groups is 1. The van der Waals surface area contributed by atoms with E-state index in [0.717, 1.165) is 0 Å². The second-order valence-electron chi connectivity index (χ2n) is 5.28. The van der Waals surface area contributed by atoms with E-state index in [1.165, 1.54) is 19.2 Å². The fraction of sp³-hybridized carbons (Fsp3) is 0.500. The van der Waals surface area contributed by atoms with Crippen molar-refractivity contribution in [3.63, 3.8) is 0 Å². The zero-order valence-corrected chi connectivity index (χ0v) is 12.5. The number of nitro groups is 1. The van der Waals surface area contributed by atoms with Crippen LogP contribution in [0.3, 0.4) is 0 Å². The molecular formula is C14H19NO6. The standard InChI is InChI=1S/C14H19NO6/c1-14(2,3)21-13(16)7-8-20-12-6-5-10(19-4)9-11(12)15(17)18/h5-6,9H,7-8H2,1-4H3. The van der Waals surface area contributed by atoms with E-state index in [4.69, 9.17) is 14.2 Å². The Hall–Kier alpha value is -2.31. The van der Waals surface area contributed by atoms with E-state index in [-0.39, 0.29) is 24.5 Å². The van der Waals surface area contributed by atoms with E-state index in [1.54, 1.807) is 26.8 Å². The van der Waals surface area contributed by atoms with Crippen LogP contribution in [0, 0.1) is 10.1 Å². The highest BCUT2D eigenvalue weighted by Gasteiger charge is 2.19. The number of benzene rings is 1. The molecule has 116 valence electrons. The molecule has 7 heteroatoms. The predicted molar refractivity (Wildman–Crippen MR) is 75.6 cm³/mol. The topological polar surface area (TPSA) is 87.9 Å². The minimum absolute atomic E-state index is 0.00207. The van der Waals surface area contributed by atoms with Crippen LogP contribution in [-0.2, 0) is 9.53 Å². The van der Waals surface area contributed by atoms with Crippen molar-refractivity contribution >= 4 is 11.7 Å². The van der Waals surface area contributed by atoms with Crippen molar-refractivity contribution in [3.8, 4) is 11.5 Å². The van der Waals surface area contributed by atoms with Crippen molar-refractivity contribution in [2.24, 2.45) is 0 Å². The van der Waals surface area contributed by atoms with Gasteiger partial charge in [0.25, 0.3) is 0 Å². The molecule has 0 saturated carbocycles. The molecule has 0 bridgehead atoms. The summed E-state index contributed by atoms with van der Waals surface area (Å²) in [6.07, 6.45) is 0.0143. The van der Waals surface area contributed by atoms with Crippen LogP contribution >= 0.6 is 0 Å². The zero-order valence-electron chi connectivity index (χ0n) is 12.5. The molecule has 0 spiro atoms. The molecule has 21 heavy (non-hydrogen) atoms. The summed E-state index contributed by atoms with van der Waals surface area (Å²) in [4.78, 5) is 21.9. The number of ether oxygens (including phenoxy) is 3.